The summed E-state index contributed by atoms with van der Waals surface area (Å²) >= 11 is 0. The highest BCUT2D eigenvalue weighted by molar-refractivity contribution is 8.93. The van der Waals surface area contributed by atoms with Crippen molar-refractivity contribution < 1.29 is 21.4 Å². The molecule has 4 rings (SSSR count). The molecule has 0 bridgehead atoms. The highest BCUT2D eigenvalue weighted by Gasteiger charge is 2.15. The van der Waals surface area contributed by atoms with Crippen molar-refractivity contribution in [2.45, 2.75) is 12.8 Å². The molecule has 1 aliphatic rings. The van der Waals surface area contributed by atoms with Crippen LogP contribution >= 0.6 is 17.0 Å². The van der Waals surface area contributed by atoms with Crippen molar-refractivity contribution in [1.29, 1.82) is 0 Å². The average Bonchev–Trinajstić information content (AvgIpc) is 3.31. The quantitative estimate of drug-likeness (QED) is 0.230. The summed E-state index contributed by atoms with van der Waals surface area (Å²) < 4.78 is 4.31. The Hall–Kier alpha value is -2.19. The summed E-state index contributed by atoms with van der Waals surface area (Å²) in [7, 11) is 2.08. The molecule has 0 unspecified atom stereocenters. The minimum Gasteiger partial charge on any atom is -1.00 e. The number of nitrogens with two attached hydrogens (primary N) is 1. The maximum atomic E-state index is 5.95. The van der Waals surface area contributed by atoms with Gasteiger partial charge in [-0.2, -0.15) is 5.10 Å². The normalized spacial score (nSPS) is 14.3. The molecule has 28 heavy (non-hydrogen) atoms. The molecule has 0 saturated carbocycles. The molecule has 1 aliphatic heterocycles. The Kier molecular flexibility index (Phi) is 7.77. The minimum atomic E-state index is 0. The van der Waals surface area contributed by atoms with Crippen LogP contribution in [0.2, 0.25) is 0 Å². The van der Waals surface area contributed by atoms with E-state index in [1.165, 1.54) is 12.8 Å². The van der Waals surface area contributed by atoms with Crippen molar-refractivity contribution in [2.75, 3.05) is 13.1 Å². The third-order valence-corrected chi connectivity index (χ3v) is 4.84. The van der Waals surface area contributed by atoms with Gasteiger partial charge in [0.1, 0.15) is 6.20 Å². The van der Waals surface area contributed by atoms with Gasteiger partial charge in [0.25, 0.3) is 5.65 Å². The monoisotopic (exact) mass is 506 g/mol. The number of fused-ring (bicyclic) bond motifs is 1. The first-order valence-electron chi connectivity index (χ1n) is 8.90. The fourth-order valence-corrected chi connectivity index (χ4v) is 3.35. The number of hydrogen-bond donors (Lipinski definition) is 1. The number of pyridine rings is 1. The Morgan fingerprint density at radius 1 is 1.11 bits per heavy atom. The van der Waals surface area contributed by atoms with E-state index in [0.717, 1.165) is 35.6 Å². The van der Waals surface area contributed by atoms with E-state index >= 15 is 0 Å². The number of nitrogens with zero attached hydrogens (tertiary/aromatic N) is 5. The topological polar surface area (TPSA) is 63.0 Å². The number of hydrogen-bond acceptors (Lipinski definition) is 2. The van der Waals surface area contributed by atoms with Crippen molar-refractivity contribution in [3.63, 3.8) is 0 Å². The number of halogens is 2. The first-order chi connectivity index (χ1) is 12.7. The number of imidazole rings is 1. The molecule has 1 aromatic carbocycles. The van der Waals surface area contributed by atoms with Gasteiger partial charge in [0.05, 0.1) is 19.5 Å². The summed E-state index contributed by atoms with van der Waals surface area (Å²) in [5.74, 6) is 0.503. The molecule has 148 valence electrons. The van der Waals surface area contributed by atoms with Gasteiger partial charge in [0, 0.05) is 24.7 Å². The van der Waals surface area contributed by atoms with Crippen molar-refractivity contribution >= 4 is 34.8 Å². The number of likely N-dealkylation sites (tertiary alicyclic amines) is 1. The van der Waals surface area contributed by atoms with Crippen molar-refractivity contribution in [3.05, 3.63) is 60.4 Å². The summed E-state index contributed by atoms with van der Waals surface area (Å²) in [5, 5.41) is 8.24. The van der Waals surface area contributed by atoms with Crippen LogP contribution in [0.3, 0.4) is 0 Å². The van der Waals surface area contributed by atoms with Crippen LogP contribution in [0.15, 0.2) is 65.1 Å². The fraction of sp³-hybridized carbons (Fsp3) is 0.250. The van der Waals surface area contributed by atoms with Gasteiger partial charge in [-0.1, -0.05) is 18.2 Å². The first kappa shape index (κ1) is 22.1. The average molecular weight is 508 g/mol. The standard InChI is InChI=1S/C20H23N6.2BrH/c1-24-18(15-26-13-3-2-6-19(24)26)17-9-7-16(8-10-17)14-22-23-20(21)25-11-4-5-12-25;;/h2-3,6-10,13-15H,4-5,11-12H2,1H3,(H2,21,23);2*1H/q+1;;/p-1/b22-14+;;. The second kappa shape index (κ2) is 9.84. The second-order valence-corrected chi connectivity index (χ2v) is 6.56. The summed E-state index contributed by atoms with van der Waals surface area (Å²) in [6, 6.07) is 14.5. The number of aromatic nitrogens is 2. The number of benzene rings is 1. The third kappa shape index (κ3) is 4.62. The predicted molar refractivity (Wildman–Crippen MR) is 114 cm³/mol. The van der Waals surface area contributed by atoms with Crippen LogP contribution in [0.5, 0.6) is 0 Å². The zero-order valence-corrected chi connectivity index (χ0v) is 19.0. The molecule has 0 aliphatic carbocycles. The Balaban J connectivity index is 0.00000140. The highest BCUT2D eigenvalue weighted by Crippen LogP contribution is 2.19. The number of aryl methyl sites for hydroxylation is 1. The van der Waals surface area contributed by atoms with Crippen molar-refractivity contribution in [3.8, 4) is 11.3 Å². The molecular weight excluding hydrogens is 484 g/mol. The molecule has 1 saturated heterocycles. The molecule has 3 aromatic rings. The lowest BCUT2D eigenvalue weighted by atomic mass is 10.1. The Bertz CT molecular complexity index is 972. The first-order valence-corrected chi connectivity index (χ1v) is 8.90. The van der Waals surface area contributed by atoms with E-state index < -0.39 is 0 Å². The van der Waals surface area contributed by atoms with Crippen molar-refractivity contribution in [2.24, 2.45) is 23.0 Å². The Morgan fingerprint density at radius 2 is 1.82 bits per heavy atom. The van der Waals surface area contributed by atoms with Gasteiger partial charge < -0.3 is 27.6 Å². The lowest BCUT2D eigenvalue weighted by molar-refractivity contribution is -0.510. The lowest BCUT2D eigenvalue weighted by Crippen LogP contribution is -3.00. The van der Waals surface area contributed by atoms with E-state index in [0.29, 0.717) is 5.96 Å². The van der Waals surface area contributed by atoms with Crippen LogP contribution in [0, 0.1) is 0 Å². The van der Waals surface area contributed by atoms with Gasteiger partial charge in [-0.05, 0) is 36.6 Å². The maximum Gasteiger partial charge on any atom is 0.286 e. The van der Waals surface area contributed by atoms with E-state index in [-0.39, 0.29) is 34.0 Å². The largest absolute Gasteiger partial charge is 1.00 e. The molecular formula is C20H24Br2N6. The number of rotatable bonds is 3. The highest BCUT2D eigenvalue weighted by atomic mass is 79.9. The van der Waals surface area contributed by atoms with E-state index in [1.807, 2.05) is 24.3 Å². The van der Waals surface area contributed by atoms with Crippen LogP contribution in [-0.4, -0.2) is 34.7 Å². The lowest BCUT2D eigenvalue weighted by Gasteiger charge is -2.13. The van der Waals surface area contributed by atoms with Crippen molar-refractivity contribution in [1.82, 2.24) is 9.47 Å². The molecule has 0 atom stereocenters. The van der Waals surface area contributed by atoms with Crippen LogP contribution in [0.1, 0.15) is 18.4 Å². The molecule has 6 nitrogen and oxygen atoms in total. The van der Waals surface area contributed by atoms with E-state index in [1.54, 1.807) is 6.21 Å². The molecule has 1 fully saturated rings. The van der Waals surface area contributed by atoms with Crippen LogP contribution in [-0.2, 0) is 7.05 Å². The van der Waals surface area contributed by atoms with E-state index in [9.17, 15) is 0 Å². The van der Waals surface area contributed by atoms with Gasteiger partial charge in [0.15, 0.2) is 5.69 Å². The predicted octanol–water partition coefficient (Wildman–Crippen LogP) is -0.243. The maximum absolute atomic E-state index is 5.95. The van der Waals surface area contributed by atoms with Gasteiger partial charge in [0.2, 0.25) is 5.96 Å². The molecule has 0 amide bonds. The SMILES string of the molecule is Br.Cn1c(-c2ccc(/C=N/N=C(\N)N3CCCC3)cc2)c[n+]2ccccc12.[Br-]. The fourth-order valence-electron chi connectivity index (χ4n) is 3.35. The minimum absolute atomic E-state index is 0. The van der Waals surface area contributed by atoms with Crippen LogP contribution in [0.25, 0.3) is 16.9 Å². The van der Waals surface area contributed by atoms with Gasteiger partial charge >= 0.3 is 0 Å². The molecule has 8 heteroatoms. The Morgan fingerprint density at radius 3 is 2.50 bits per heavy atom. The van der Waals surface area contributed by atoms with Gasteiger partial charge in [-0.15, -0.1) is 22.1 Å². The summed E-state index contributed by atoms with van der Waals surface area (Å²) in [6.45, 7) is 1.95. The number of guanidine groups is 1. The summed E-state index contributed by atoms with van der Waals surface area (Å²) in [6.07, 6.45) is 8.28. The van der Waals surface area contributed by atoms with Crippen LogP contribution < -0.4 is 27.1 Å². The van der Waals surface area contributed by atoms with Gasteiger partial charge in [-0.25, -0.2) is 8.97 Å². The van der Waals surface area contributed by atoms with Crippen LogP contribution in [0.4, 0.5) is 0 Å². The zero-order valence-electron chi connectivity index (χ0n) is 15.7. The summed E-state index contributed by atoms with van der Waals surface area (Å²) in [5.41, 5.74) is 10.4. The molecule has 0 radical (unpaired) electrons. The van der Waals surface area contributed by atoms with E-state index in [4.69, 9.17) is 5.73 Å². The third-order valence-electron chi connectivity index (χ3n) is 4.84. The molecule has 2 N–H and O–H groups in total. The smallest absolute Gasteiger partial charge is 0.286 e. The zero-order chi connectivity index (χ0) is 17.9. The molecule has 3 heterocycles. The summed E-state index contributed by atoms with van der Waals surface area (Å²) in [4.78, 5) is 2.07. The Labute approximate surface area is 185 Å². The molecule has 2 aromatic heterocycles. The van der Waals surface area contributed by atoms with E-state index in [2.05, 4.69) is 61.7 Å². The molecule has 0 spiro atoms. The second-order valence-electron chi connectivity index (χ2n) is 6.56. The van der Waals surface area contributed by atoms with Gasteiger partial charge in [-0.3, -0.25) is 0 Å².